The Kier molecular flexibility index (Phi) is 3.75. The molecule has 0 spiro atoms. The average Bonchev–Trinajstić information content (AvgIpc) is 2.76. The van der Waals surface area contributed by atoms with Gasteiger partial charge in [0.2, 0.25) is 0 Å². The fourth-order valence-corrected chi connectivity index (χ4v) is 1.90. The van der Waals surface area contributed by atoms with Gasteiger partial charge in [0.05, 0.1) is 11.6 Å². The minimum absolute atomic E-state index is 0.0941. The van der Waals surface area contributed by atoms with E-state index in [1.54, 1.807) is 12.3 Å². The van der Waals surface area contributed by atoms with E-state index in [-0.39, 0.29) is 6.04 Å². The first-order valence-electron chi connectivity index (χ1n) is 5.93. The summed E-state index contributed by atoms with van der Waals surface area (Å²) < 4.78 is 2.07. The van der Waals surface area contributed by atoms with E-state index < -0.39 is 0 Å². The smallest absolute Gasteiger partial charge is 0.110 e. The zero-order valence-corrected chi connectivity index (χ0v) is 10.4. The van der Waals surface area contributed by atoms with Gasteiger partial charge < -0.3 is 10.3 Å². The summed E-state index contributed by atoms with van der Waals surface area (Å²) in [7, 11) is 0. The van der Waals surface area contributed by atoms with Crippen molar-refractivity contribution >= 4 is 0 Å². The van der Waals surface area contributed by atoms with E-state index in [1.807, 2.05) is 31.3 Å². The summed E-state index contributed by atoms with van der Waals surface area (Å²) in [5, 5.41) is 8.88. The van der Waals surface area contributed by atoms with Gasteiger partial charge in [-0.3, -0.25) is 0 Å². The molecular weight excluding hydrogens is 224 g/mol. The first-order valence-corrected chi connectivity index (χ1v) is 5.93. The van der Waals surface area contributed by atoms with Gasteiger partial charge in [-0.25, -0.2) is 4.98 Å². The second kappa shape index (κ2) is 5.48. The van der Waals surface area contributed by atoms with Gasteiger partial charge in [-0.2, -0.15) is 5.26 Å². The first-order chi connectivity index (χ1) is 8.69. The molecule has 18 heavy (non-hydrogen) atoms. The Bertz CT molecular complexity index is 563. The topological polar surface area (TPSA) is 67.6 Å². The standard InChI is InChI=1S/C14H16N4/c1-11(16)7-14-17-5-6-18(14)10-13-4-2-3-12(8-13)9-15/h2-6,8,11H,7,10,16H2,1H3. The van der Waals surface area contributed by atoms with E-state index in [0.717, 1.165) is 24.4 Å². The van der Waals surface area contributed by atoms with Crippen LogP contribution >= 0.6 is 0 Å². The van der Waals surface area contributed by atoms with Crippen molar-refractivity contribution in [1.29, 1.82) is 5.26 Å². The summed E-state index contributed by atoms with van der Waals surface area (Å²) >= 11 is 0. The molecule has 1 atom stereocenters. The van der Waals surface area contributed by atoms with Crippen molar-refractivity contribution in [1.82, 2.24) is 9.55 Å². The predicted octanol–water partition coefficient (Wildman–Crippen LogP) is 1.69. The number of imidazole rings is 1. The lowest BCUT2D eigenvalue weighted by atomic mass is 10.1. The van der Waals surface area contributed by atoms with E-state index in [2.05, 4.69) is 15.6 Å². The molecule has 0 radical (unpaired) electrons. The predicted molar refractivity (Wildman–Crippen MR) is 69.8 cm³/mol. The summed E-state index contributed by atoms with van der Waals surface area (Å²) in [6.45, 7) is 2.69. The van der Waals surface area contributed by atoms with E-state index in [1.165, 1.54) is 0 Å². The van der Waals surface area contributed by atoms with Crippen molar-refractivity contribution in [3.05, 3.63) is 53.6 Å². The van der Waals surface area contributed by atoms with Gasteiger partial charge in [0.1, 0.15) is 5.82 Å². The third kappa shape index (κ3) is 2.96. The van der Waals surface area contributed by atoms with Crippen molar-refractivity contribution in [3.8, 4) is 6.07 Å². The molecule has 0 fully saturated rings. The molecule has 92 valence electrons. The molecule has 0 aliphatic carbocycles. The van der Waals surface area contributed by atoms with Crippen LogP contribution in [-0.4, -0.2) is 15.6 Å². The monoisotopic (exact) mass is 240 g/mol. The summed E-state index contributed by atoms with van der Waals surface area (Å²) in [6.07, 6.45) is 4.48. The number of nitrogens with two attached hydrogens (primary N) is 1. The van der Waals surface area contributed by atoms with E-state index in [9.17, 15) is 0 Å². The number of benzene rings is 1. The van der Waals surface area contributed by atoms with E-state index >= 15 is 0 Å². The lowest BCUT2D eigenvalue weighted by molar-refractivity contribution is 0.648. The van der Waals surface area contributed by atoms with Crippen molar-refractivity contribution < 1.29 is 0 Å². The second-order valence-electron chi connectivity index (χ2n) is 4.46. The van der Waals surface area contributed by atoms with Crippen LogP contribution in [0.1, 0.15) is 23.9 Å². The number of hydrogen-bond donors (Lipinski definition) is 1. The largest absolute Gasteiger partial charge is 0.330 e. The van der Waals surface area contributed by atoms with Crippen LogP contribution in [0.5, 0.6) is 0 Å². The highest BCUT2D eigenvalue weighted by Crippen LogP contribution is 2.09. The Balaban J connectivity index is 2.18. The molecular formula is C14H16N4. The molecule has 0 bridgehead atoms. The van der Waals surface area contributed by atoms with E-state index in [0.29, 0.717) is 5.56 Å². The van der Waals surface area contributed by atoms with Crippen LogP contribution in [0.2, 0.25) is 0 Å². The Morgan fingerprint density at radius 2 is 2.33 bits per heavy atom. The van der Waals surface area contributed by atoms with Crippen LogP contribution < -0.4 is 5.73 Å². The van der Waals surface area contributed by atoms with Crippen LogP contribution in [0.3, 0.4) is 0 Å². The fraction of sp³-hybridized carbons (Fsp3) is 0.286. The molecule has 0 aliphatic rings. The number of rotatable bonds is 4. The highest BCUT2D eigenvalue weighted by molar-refractivity contribution is 5.32. The highest BCUT2D eigenvalue weighted by atomic mass is 15.1. The van der Waals surface area contributed by atoms with Gasteiger partial charge in [0.25, 0.3) is 0 Å². The second-order valence-corrected chi connectivity index (χ2v) is 4.46. The van der Waals surface area contributed by atoms with Crippen molar-refractivity contribution in [3.63, 3.8) is 0 Å². The Labute approximate surface area is 107 Å². The minimum atomic E-state index is 0.0941. The zero-order valence-electron chi connectivity index (χ0n) is 10.4. The number of nitriles is 1. The molecule has 1 heterocycles. The van der Waals surface area contributed by atoms with Gasteiger partial charge in [-0.1, -0.05) is 12.1 Å². The Morgan fingerprint density at radius 3 is 3.06 bits per heavy atom. The zero-order chi connectivity index (χ0) is 13.0. The third-order valence-electron chi connectivity index (χ3n) is 2.72. The summed E-state index contributed by atoms with van der Waals surface area (Å²) in [4.78, 5) is 4.31. The third-order valence-corrected chi connectivity index (χ3v) is 2.72. The molecule has 0 amide bonds. The Hall–Kier alpha value is -2.12. The molecule has 4 nitrogen and oxygen atoms in total. The van der Waals surface area contributed by atoms with Gasteiger partial charge in [0.15, 0.2) is 0 Å². The van der Waals surface area contributed by atoms with Gasteiger partial charge in [0, 0.05) is 31.4 Å². The SMILES string of the molecule is CC(N)Cc1nccn1Cc1cccc(C#N)c1. The van der Waals surface area contributed by atoms with Crippen LogP contribution in [0.25, 0.3) is 0 Å². The lowest BCUT2D eigenvalue weighted by Gasteiger charge is -2.09. The van der Waals surface area contributed by atoms with Crippen LogP contribution in [-0.2, 0) is 13.0 Å². The molecule has 2 rings (SSSR count). The Morgan fingerprint density at radius 1 is 1.50 bits per heavy atom. The number of hydrogen-bond acceptors (Lipinski definition) is 3. The molecule has 1 unspecified atom stereocenters. The molecule has 0 saturated heterocycles. The first kappa shape index (κ1) is 12.3. The normalized spacial score (nSPS) is 12.1. The summed E-state index contributed by atoms with van der Waals surface area (Å²) in [5.74, 6) is 0.979. The maximum Gasteiger partial charge on any atom is 0.110 e. The highest BCUT2D eigenvalue weighted by Gasteiger charge is 2.06. The van der Waals surface area contributed by atoms with Gasteiger partial charge >= 0.3 is 0 Å². The lowest BCUT2D eigenvalue weighted by Crippen LogP contribution is -2.20. The number of aromatic nitrogens is 2. The molecule has 0 saturated carbocycles. The number of nitrogens with zero attached hydrogens (tertiary/aromatic N) is 3. The van der Waals surface area contributed by atoms with Crippen LogP contribution in [0, 0.1) is 11.3 Å². The van der Waals surface area contributed by atoms with Gasteiger partial charge in [-0.15, -0.1) is 0 Å². The maximum absolute atomic E-state index is 8.88. The molecule has 4 heteroatoms. The molecule has 2 aromatic rings. The summed E-state index contributed by atoms with van der Waals surface area (Å²) in [5.41, 5.74) is 7.57. The quantitative estimate of drug-likeness (QED) is 0.884. The van der Waals surface area contributed by atoms with Crippen LogP contribution in [0.4, 0.5) is 0 Å². The fourth-order valence-electron chi connectivity index (χ4n) is 1.90. The maximum atomic E-state index is 8.88. The minimum Gasteiger partial charge on any atom is -0.330 e. The van der Waals surface area contributed by atoms with Gasteiger partial charge in [-0.05, 0) is 24.6 Å². The van der Waals surface area contributed by atoms with Crippen molar-refractivity contribution in [2.24, 2.45) is 5.73 Å². The van der Waals surface area contributed by atoms with E-state index in [4.69, 9.17) is 11.0 Å². The molecule has 1 aromatic heterocycles. The molecule has 1 aromatic carbocycles. The van der Waals surface area contributed by atoms with Crippen molar-refractivity contribution in [2.45, 2.75) is 25.9 Å². The summed E-state index contributed by atoms with van der Waals surface area (Å²) in [6, 6.07) is 9.86. The average molecular weight is 240 g/mol. The van der Waals surface area contributed by atoms with Crippen LogP contribution in [0.15, 0.2) is 36.7 Å². The molecule has 2 N–H and O–H groups in total. The van der Waals surface area contributed by atoms with Crippen molar-refractivity contribution in [2.75, 3.05) is 0 Å². The molecule has 0 aliphatic heterocycles.